The molecule has 14 heavy (non-hydrogen) atoms. The number of hydrogen-bond donors (Lipinski definition) is 2. The van der Waals surface area contributed by atoms with Crippen LogP contribution in [0.3, 0.4) is 0 Å². The van der Waals surface area contributed by atoms with Gasteiger partial charge in [0, 0.05) is 21.9 Å². The first-order valence-electron chi connectivity index (χ1n) is 4.02. The van der Waals surface area contributed by atoms with Gasteiger partial charge in [0.25, 0.3) is 0 Å². The summed E-state index contributed by atoms with van der Waals surface area (Å²) in [7, 11) is 0. The Kier molecular flexibility index (Phi) is 3.71. The molecule has 0 aliphatic rings. The summed E-state index contributed by atoms with van der Waals surface area (Å²) in [4.78, 5) is 10.3. The molecule has 0 heterocycles. The summed E-state index contributed by atoms with van der Waals surface area (Å²) < 4.78 is 0.989. The molecule has 74 valence electrons. The Morgan fingerprint density at radius 3 is 2.50 bits per heavy atom. The molecule has 0 bridgehead atoms. The van der Waals surface area contributed by atoms with Crippen LogP contribution in [-0.2, 0) is 4.79 Å². The highest BCUT2D eigenvalue weighted by Gasteiger charge is 1.95. The second kappa shape index (κ2) is 4.81. The first-order valence-corrected chi connectivity index (χ1v) is 4.81. The Balaban J connectivity index is 2.69. The van der Waals surface area contributed by atoms with Gasteiger partial charge in [0.05, 0.1) is 0 Å². The molecule has 0 amide bonds. The monoisotopic (exact) mass is 255 g/mol. The molecule has 0 spiro atoms. The molecule has 0 aliphatic heterocycles. The van der Waals surface area contributed by atoms with Gasteiger partial charge in [-0.15, -0.1) is 0 Å². The molecule has 0 aliphatic carbocycles. The van der Waals surface area contributed by atoms with Crippen molar-refractivity contribution in [3.05, 3.63) is 40.5 Å². The van der Waals surface area contributed by atoms with Crippen molar-refractivity contribution >= 4 is 27.6 Å². The fraction of sp³-hybridized carbons (Fsp3) is 0.100. The van der Waals surface area contributed by atoms with Crippen LogP contribution in [-0.4, -0.2) is 11.1 Å². The summed E-state index contributed by atoms with van der Waals surface area (Å²) in [6.45, 7) is 1.70. The molecule has 0 saturated heterocycles. The average molecular weight is 256 g/mol. The van der Waals surface area contributed by atoms with E-state index in [0.29, 0.717) is 5.70 Å². The van der Waals surface area contributed by atoms with Crippen molar-refractivity contribution in [1.82, 2.24) is 0 Å². The van der Waals surface area contributed by atoms with Gasteiger partial charge in [-0.1, -0.05) is 15.9 Å². The lowest BCUT2D eigenvalue weighted by molar-refractivity contribution is -0.131. The van der Waals surface area contributed by atoms with Gasteiger partial charge in [0.2, 0.25) is 0 Å². The highest BCUT2D eigenvalue weighted by atomic mass is 79.9. The molecular weight excluding hydrogens is 246 g/mol. The number of halogens is 1. The van der Waals surface area contributed by atoms with Crippen LogP contribution in [0.25, 0.3) is 0 Å². The Bertz CT molecular complexity index is 357. The van der Waals surface area contributed by atoms with E-state index >= 15 is 0 Å². The molecule has 0 fully saturated rings. The lowest BCUT2D eigenvalue weighted by Crippen LogP contribution is -1.99. The van der Waals surface area contributed by atoms with Gasteiger partial charge in [-0.2, -0.15) is 0 Å². The Morgan fingerprint density at radius 1 is 1.43 bits per heavy atom. The third-order valence-electron chi connectivity index (χ3n) is 1.53. The number of nitrogens with one attached hydrogen (secondary N) is 1. The van der Waals surface area contributed by atoms with Crippen molar-refractivity contribution in [2.45, 2.75) is 6.92 Å². The van der Waals surface area contributed by atoms with Crippen LogP contribution in [0.2, 0.25) is 0 Å². The molecule has 2 N–H and O–H groups in total. The van der Waals surface area contributed by atoms with Crippen LogP contribution in [0, 0.1) is 0 Å². The molecule has 0 saturated carbocycles. The maximum atomic E-state index is 10.3. The van der Waals surface area contributed by atoms with E-state index in [1.165, 1.54) is 0 Å². The van der Waals surface area contributed by atoms with Gasteiger partial charge < -0.3 is 10.4 Å². The van der Waals surface area contributed by atoms with Gasteiger partial charge in [-0.3, -0.25) is 0 Å². The third-order valence-corrected chi connectivity index (χ3v) is 2.05. The van der Waals surface area contributed by atoms with Gasteiger partial charge in [0.1, 0.15) is 0 Å². The summed E-state index contributed by atoms with van der Waals surface area (Å²) >= 11 is 3.32. The second-order valence-corrected chi connectivity index (χ2v) is 3.71. The maximum Gasteiger partial charge on any atom is 0.330 e. The smallest absolute Gasteiger partial charge is 0.330 e. The molecule has 1 rings (SSSR count). The van der Waals surface area contributed by atoms with E-state index in [1.807, 2.05) is 24.3 Å². The number of hydrogen-bond acceptors (Lipinski definition) is 2. The molecule has 4 heteroatoms. The topological polar surface area (TPSA) is 49.3 Å². The number of rotatable bonds is 3. The summed E-state index contributed by atoms with van der Waals surface area (Å²) in [5.41, 5.74) is 1.46. The van der Waals surface area contributed by atoms with Crippen molar-refractivity contribution in [3.63, 3.8) is 0 Å². The van der Waals surface area contributed by atoms with Crippen LogP contribution < -0.4 is 5.32 Å². The fourth-order valence-corrected chi connectivity index (χ4v) is 1.25. The van der Waals surface area contributed by atoms with Gasteiger partial charge >= 0.3 is 5.97 Å². The zero-order valence-corrected chi connectivity index (χ0v) is 9.21. The molecule has 0 aromatic heterocycles. The predicted molar refractivity (Wildman–Crippen MR) is 59.2 cm³/mol. The van der Waals surface area contributed by atoms with E-state index in [9.17, 15) is 4.79 Å². The molecule has 1 aromatic rings. The van der Waals surface area contributed by atoms with Crippen molar-refractivity contribution in [2.24, 2.45) is 0 Å². The van der Waals surface area contributed by atoms with E-state index in [2.05, 4.69) is 21.2 Å². The molecule has 0 unspecified atom stereocenters. The van der Waals surface area contributed by atoms with Crippen LogP contribution in [0.1, 0.15) is 6.92 Å². The van der Waals surface area contributed by atoms with E-state index < -0.39 is 5.97 Å². The lowest BCUT2D eigenvalue weighted by Gasteiger charge is -2.05. The standard InChI is InChI=1S/C10H10BrNO2/c1-7(6-10(13)14)12-9-4-2-8(11)3-5-9/h2-6,12H,1H3,(H,13,14)/b7-6-. The Morgan fingerprint density at radius 2 is 2.00 bits per heavy atom. The van der Waals surface area contributed by atoms with Crippen LogP contribution in [0.4, 0.5) is 5.69 Å². The average Bonchev–Trinajstić information content (AvgIpc) is 2.07. The van der Waals surface area contributed by atoms with Crippen molar-refractivity contribution in [1.29, 1.82) is 0 Å². The highest BCUT2D eigenvalue weighted by Crippen LogP contribution is 2.15. The minimum Gasteiger partial charge on any atom is -0.478 e. The third kappa shape index (κ3) is 3.62. The number of aliphatic carboxylic acids is 1. The van der Waals surface area contributed by atoms with E-state index in [-0.39, 0.29) is 0 Å². The van der Waals surface area contributed by atoms with Crippen LogP contribution >= 0.6 is 15.9 Å². The molecule has 0 radical (unpaired) electrons. The predicted octanol–water partition coefficient (Wildman–Crippen LogP) is 2.85. The number of carboxylic acid groups (broad SMARTS) is 1. The summed E-state index contributed by atoms with van der Waals surface area (Å²) in [5.74, 6) is -0.952. The highest BCUT2D eigenvalue weighted by molar-refractivity contribution is 9.10. The molecule has 0 atom stereocenters. The number of anilines is 1. The van der Waals surface area contributed by atoms with Gasteiger partial charge in [-0.25, -0.2) is 4.79 Å². The van der Waals surface area contributed by atoms with E-state index in [0.717, 1.165) is 16.2 Å². The number of carboxylic acids is 1. The minimum atomic E-state index is -0.952. The SMILES string of the molecule is C/C(=C/C(=O)O)Nc1ccc(Br)cc1. The summed E-state index contributed by atoms with van der Waals surface area (Å²) in [6, 6.07) is 7.50. The molecule has 1 aromatic carbocycles. The van der Waals surface area contributed by atoms with Crippen molar-refractivity contribution in [2.75, 3.05) is 5.32 Å². The fourth-order valence-electron chi connectivity index (χ4n) is 0.982. The van der Waals surface area contributed by atoms with E-state index in [1.54, 1.807) is 6.92 Å². The quantitative estimate of drug-likeness (QED) is 0.817. The minimum absolute atomic E-state index is 0.597. The molecular formula is C10H10BrNO2. The number of benzene rings is 1. The maximum absolute atomic E-state index is 10.3. The van der Waals surface area contributed by atoms with Crippen LogP contribution in [0.5, 0.6) is 0 Å². The normalized spacial score (nSPS) is 11.1. The Hall–Kier alpha value is -1.29. The second-order valence-electron chi connectivity index (χ2n) is 2.80. The first kappa shape index (κ1) is 10.8. The number of carbonyl (C=O) groups is 1. The first-order chi connectivity index (χ1) is 6.58. The largest absolute Gasteiger partial charge is 0.478 e. The zero-order chi connectivity index (χ0) is 10.6. The molecule has 3 nitrogen and oxygen atoms in total. The number of allylic oxidation sites excluding steroid dienone is 1. The van der Waals surface area contributed by atoms with Crippen LogP contribution in [0.15, 0.2) is 40.5 Å². The summed E-state index contributed by atoms with van der Waals surface area (Å²) in [6.07, 6.45) is 1.13. The van der Waals surface area contributed by atoms with Gasteiger partial charge in [0.15, 0.2) is 0 Å². The van der Waals surface area contributed by atoms with Crippen molar-refractivity contribution < 1.29 is 9.90 Å². The lowest BCUT2D eigenvalue weighted by atomic mass is 10.3. The van der Waals surface area contributed by atoms with Gasteiger partial charge in [-0.05, 0) is 31.2 Å². The zero-order valence-electron chi connectivity index (χ0n) is 7.62. The summed E-state index contributed by atoms with van der Waals surface area (Å²) in [5, 5.41) is 11.4. The van der Waals surface area contributed by atoms with E-state index in [4.69, 9.17) is 5.11 Å². The van der Waals surface area contributed by atoms with Crippen molar-refractivity contribution in [3.8, 4) is 0 Å². The Labute approximate surface area is 90.6 Å².